The van der Waals surface area contributed by atoms with Crippen molar-refractivity contribution < 1.29 is 29.0 Å². The number of ether oxygens (including phenoxy) is 1. The zero-order chi connectivity index (χ0) is 12.1. The molecule has 0 unspecified atom stereocenters. The second kappa shape index (κ2) is 5.21. The van der Waals surface area contributed by atoms with Gasteiger partial charge in [-0.1, -0.05) is 0 Å². The van der Waals surface area contributed by atoms with E-state index in [0.29, 0.717) is 0 Å². The van der Waals surface area contributed by atoms with Gasteiger partial charge in [-0.2, -0.15) is 0 Å². The quantitative estimate of drug-likeness (QED) is 0.519. The molecule has 3 amide bonds. The molecule has 1 heterocycles. The summed E-state index contributed by atoms with van der Waals surface area (Å²) in [4.78, 5) is 44.3. The molecule has 0 aromatic heterocycles. The lowest BCUT2D eigenvalue weighted by atomic mass is 10.3. The summed E-state index contributed by atoms with van der Waals surface area (Å²) < 4.78 is 4.64. The van der Waals surface area contributed by atoms with Gasteiger partial charge < -0.3 is 15.2 Å². The Morgan fingerprint density at radius 1 is 1.31 bits per heavy atom. The number of imide groups is 1. The number of amides is 3. The molecular formula is C8H10N2O6. The number of carbonyl (C=O) groups is 4. The molecule has 0 radical (unpaired) electrons. The molecule has 16 heavy (non-hydrogen) atoms. The summed E-state index contributed by atoms with van der Waals surface area (Å²) >= 11 is 0. The number of carbonyl (C=O) groups excluding carboxylic acids is 3. The van der Waals surface area contributed by atoms with Gasteiger partial charge in [0, 0.05) is 0 Å². The molecule has 0 aromatic carbocycles. The Labute approximate surface area is 90.2 Å². The van der Waals surface area contributed by atoms with Gasteiger partial charge in [-0.25, -0.2) is 0 Å². The van der Waals surface area contributed by atoms with Crippen molar-refractivity contribution in [2.45, 2.75) is 0 Å². The number of nitrogens with one attached hydrogen (secondary N) is 1. The molecular weight excluding hydrogens is 220 g/mol. The third-order valence-corrected chi connectivity index (χ3v) is 1.79. The zero-order valence-electron chi connectivity index (χ0n) is 8.26. The van der Waals surface area contributed by atoms with E-state index in [4.69, 9.17) is 5.11 Å². The average Bonchev–Trinajstić information content (AvgIpc) is 2.21. The van der Waals surface area contributed by atoms with Crippen molar-refractivity contribution in [3.05, 3.63) is 0 Å². The summed E-state index contributed by atoms with van der Waals surface area (Å²) in [5, 5.41) is 10.3. The normalized spacial score (nSPS) is 16.1. The molecule has 0 saturated carbocycles. The molecule has 1 rings (SSSR count). The minimum atomic E-state index is -1.20. The number of morpholine rings is 1. The van der Waals surface area contributed by atoms with Gasteiger partial charge in [0.2, 0.25) is 5.91 Å². The highest BCUT2D eigenvalue weighted by Gasteiger charge is 2.28. The van der Waals surface area contributed by atoms with E-state index < -0.39 is 36.8 Å². The third kappa shape index (κ3) is 3.31. The van der Waals surface area contributed by atoms with Crippen molar-refractivity contribution in [3.8, 4) is 0 Å². The second-order valence-corrected chi connectivity index (χ2v) is 3.04. The number of hydrogen-bond donors (Lipinski definition) is 2. The molecule has 1 fully saturated rings. The Morgan fingerprint density at radius 3 is 2.38 bits per heavy atom. The first-order chi connectivity index (χ1) is 7.50. The van der Waals surface area contributed by atoms with Crippen LogP contribution in [0.2, 0.25) is 0 Å². The molecule has 0 aliphatic carbocycles. The van der Waals surface area contributed by atoms with E-state index in [1.54, 1.807) is 0 Å². The summed E-state index contributed by atoms with van der Waals surface area (Å²) in [6.45, 7) is -1.53. The molecule has 1 aliphatic rings. The Morgan fingerprint density at radius 2 is 1.88 bits per heavy atom. The molecule has 8 nitrogen and oxygen atoms in total. The minimum Gasteiger partial charge on any atom is -0.480 e. The van der Waals surface area contributed by atoms with Crippen LogP contribution in [0.1, 0.15) is 0 Å². The van der Waals surface area contributed by atoms with Crippen molar-refractivity contribution >= 4 is 23.7 Å². The average molecular weight is 230 g/mol. The lowest BCUT2D eigenvalue weighted by Gasteiger charge is -2.23. The van der Waals surface area contributed by atoms with Gasteiger partial charge in [-0.3, -0.25) is 24.1 Å². The molecule has 2 N–H and O–H groups in total. The van der Waals surface area contributed by atoms with Crippen LogP contribution >= 0.6 is 0 Å². The highest BCUT2D eigenvalue weighted by molar-refractivity contribution is 6.01. The van der Waals surface area contributed by atoms with E-state index in [9.17, 15) is 19.2 Å². The van der Waals surface area contributed by atoms with E-state index in [-0.39, 0.29) is 13.2 Å². The summed E-state index contributed by atoms with van der Waals surface area (Å²) in [6.07, 6.45) is 0. The third-order valence-electron chi connectivity index (χ3n) is 1.79. The Kier molecular flexibility index (Phi) is 3.95. The van der Waals surface area contributed by atoms with Crippen LogP contribution in [-0.2, 0) is 23.9 Å². The van der Waals surface area contributed by atoms with Gasteiger partial charge in [-0.05, 0) is 0 Å². The second-order valence-electron chi connectivity index (χ2n) is 3.04. The number of nitrogens with zero attached hydrogens (tertiary/aromatic N) is 1. The molecule has 88 valence electrons. The smallest absolute Gasteiger partial charge is 0.322 e. The predicted octanol–water partition coefficient (Wildman–Crippen LogP) is -2.43. The van der Waals surface area contributed by atoms with Crippen LogP contribution in [0.5, 0.6) is 0 Å². The maximum atomic E-state index is 11.2. The molecule has 8 heteroatoms. The SMILES string of the molecule is O=C(O)CNC(=O)CN1C(=O)COCC1=O. The monoisotopic (exact) mass is 230 g/mol. The Balaban J connectivity index is 2.45. The highest BCUT2D eigenvalue weighted by atomic mass is 16.5. The van der Waals surface area contributed by atoms with Crippen LogP contribution in [0.4, 0.5) is 0 Å². The maximum absolute atomic E-state index is 11.2. The predicted molar refractivity (Wildman–Crippen MR) is 48.2 cm³/mol. The Bertz CT molecular complexity index is 323. The molecule has 1 aliphatic heterocycles. The fraction of sp³-hybridized carbons (Fsp3) is 0.500. The standard InChI is InChI=1S/C8H10N2O6/c11-5(9-1-8(14)15)2-10-6(12)3-16-4-7(10)13/h1-4H2,(H,9,11)(H,14,15). The lowest BCUT2D eigenvalue weighted by Crippen LogP contribution is -2.50. The van der Waals surface area contributed by atoms with E-state index in [1.165, 1.54) is 0 Å². The van der Waals surface area contributed by atoms with Crippen molar-refractivity contribution in [1.29, 1.82) is 0 Å². The fourth-order valence-electron chi connectivity index (χ4n) is 1.07. The summed E-state index contributed by atoms with van der Waals surface area (Å²) in [6, 6.07) is 0. The summed E-state index contributed by atoms with van der Waals surface area (Å²) in [5.74, 6) is -3.12. The van der Waals surface area contributed by atoms with Crippen molar-refractivity contribution in [3.63, 3.8) is 0 Å². The summed E-state index contributed by atoms with van der Waals surface area (Å²) in [7, 11) is 0. The van der Waals surface area contributed by atoms with E-state index >= 15 is 0 Å². The number of carboxylic acid groups (broad SMARTS) is 1. The topological polar surface area (TPSA) is 113 Å². The minimum absolute atomic E-state index is 0.252. The highest BCUT2D eigenvalue weighted by Crippen LogP contribution is 1.99. The molecule has 0 atom stereocenters. The fourth-order valence-corrected chi connectivity index (χ4v) is 1.07. The van der Waals surface area contributed by atoms with E-state index in [0.717, 1.165) is 4.90 Å². The van der Waals surface area contributed by atoms with Gasteiger partial charge in [0.05, 0.1) is 0 Å². The van der Waals surface area contributed by atoms with Gasteiger partial charge in [0.15, 0.2) is 0 Å². The molecule has 0 spiro atoms. The van der Waals surface area contributed by atoms with Crippen LogP contribution in [0.3, 0.4) is 0 Å². The lowest BCUT2D eigenvalue weighted by molar-refractivity contribution is -0.160. The zero-order valence-corrected chi connectivity index (χ0v) is 8.26. The van der Waals surface area contributed by atoms with Crippen molar-refractivity contribution in [2.24, 2.45) is 0 Å². The molecule has 1 saturated heterocycles. The number of aliphatic carboxylic acids is 1. The van der Waals surface area contributed by atoms with Crippen molar-refractivity contribution in [1.82, 2.24) is 10.2 Å². The first kappa shape index (κ1) is 12.1. The number of carboxylic acids is 1. The van der Waals surface area contributed by atoms with Gasteiger partial charge >= 0.3 is 5.97 Å². The first-order valence-corrected chi connectivity index (χ1v) is 4.40. The number of hydrogen-bond acceptors (Lipinski definition) is 5. The van der Waals surface area contributed by atoms with Gasteiger partial charge in [-0.15, -0.1) is 0 Å². The van der Waals surface area contributed by atoms with Gasteiger partial charge in [0.25, 0.3) is 11.8 Å². The van der Waals surface area contributed by atoms with Crippen LogP contribution in [0, 0.1) is 0 Å². The van der Waals surface area contributed by atoms with Crippen LogP contribution < -0.4 is 5.32 Å². The number of rotatable bonds is 4. The summed E-state index contributed by atoms with van der Waals surface area (Å²) in [5.41, 5.74) is 0. The molecule has 0 aromatic rings. The van der Waals surface area contributed by atoms with Crippen LogP contribution in [0.25, 0.3) is 0 Å². The maximum Gasteiger partial charge on any atom is 0.322 e. The van der Waals surface area contributed by atoms with Crippen LogP contribution in [0.15, 0.2) is 0 Å². The van der Waals surface area contributed by atoms with E-state index in [2.05, 4.69) is 4.74 Å². The Hall–Kier alpha value is -1.96. The van der Waals surface area contributed by atoms with Crippen LogP contribution in [-0.4, -0.2) is 60.0 Å². The first-order valence-electron chi connectivity index (χ1n) is 4.40. The van der Waals surface area contributed by atoms with E-state index in [1.807, 2.05) is 5.32 Å². The van der Waals surface area contributed by atoms with Gasteiger partial charge in [0.1, 0.15) is 26.3 Å². The largest absolute Gasteiger partial charge is 0.480 e. The van der Waals surface area contributed by atoms with Crippen molar-refractivity contribution in [2.75, 3.05) is 26.3 Å². The molecule has 0 bridgehead atoms.